The number of anilines is 2. The standard InChI is InChI=1S/C21H21IN2O4S/c1-13-11-14(22)3-8-17(13)23-19(25)9-10-29-18-12-20(26)24(21(18)27)15-4-6-16(28-2)7-5-15/h3-8,11,18H,9-10,12H2,1-2H3,(H,23,25). The molecule has 3 rings (SSSR count). The Labute approximate surface area is 187 Å². The summed E-state index contributed by atoms with van der Waals surface area (Å²) in [5, 5.41) is 2.44. The molecule has 29 heavy (non-hydrogen) atoms. The van der Waals surface area contributed by atoms with Crippen LogP contribution in [0.1, 0.15) is 18.4 Å². The third kappa shape index (κ3) is 5.30. The molecule has 152 valence electrons. The number of hydrogen-bond acceptors (Lipinski definition) is 5. The molecular formula is C21H21IN2O4S. The van der Waals surface area contributed by atoms with Gasteiger partial charge in [0.15, 0.2) is 0 Å². The number of hydrogen-bond donors (Lipinski definition) is 1. The number of carbonyl (C=O) groups excluding carboxylic acids is 3. The number of aryl methyl sites for hydroxylation is 1. The Morgan fingerprint density at radius 3 is 2.62 bits per heavy atom. The van der Waals surface area contributed by atoms with Gasteiger partial charge in [-0.05, 0) is 77.5 Å². The Morgan fingerprint density at radius 1 is 1.24 bits per heavy atom. The maximum Gasteiger partial charge on any atom is 0.247 e. The second kappa shape index (κ2) is 9.62. The van der Waals surface area contributed by atoms with Crippen LogP contribution in [-0.2, 0) is 14.4 Å². The number of nitrogens with one attached hydrogen (secondary N) is 1. The van der Waals surface area contributed by atoms with E-state index in [0.29, 0.717) is 17.2 Å². The minimum atomic E-state index is -0.461. The normalized spacial score (nSPS) is 16.2. The fourth-order valence-electron chi connectivity index (χ4n) is 3.01. The van der Waals surface area contributed by atoms with E-state index >= 15 is 0 Å². The molecule has 1 N–H and O–H groups in total. The average molecular weight is 524 g/mol. The van der Waals surface area contributed by atoms with Crippen LogP contribution in [0.2, 0.25) is 0 Å². The van der Waals surface area contributed by atoms with E-state index in [0.717, 1.165) is 14.8 Å². The Balaban J connectivity index is 1.52. The van der Waals surface area contributed by atoms with Gasteiger partial charge in [0.2, 0.25) is 17.7 Å². The van der Waals surface area contributed by atoms with Crippen molar-refractivity contribution in [3.8, 4) is 5.75 Å². The van der Waals surface area contributed by atoms with E-state index in [4.69, 9.17) is 4.74 Å². The minimum Gasteiger partial charge on any atom is -0.497 e. The summed E-state index contributed by atoms with van der Waals surface area (Å²) in [7, 11) is 1.56. The van der Waals surface area contributed by atoms with Crippen molar-refractivity contribution in [3.63, 3.8) is 0 Å². The Hall–Kier alpha value is -2.07. The van der Waals surface area contributed by atoms with Gasteiger partial charge in [0.25, 0.3) is 0 Å². The number of halogens is 1. The quantitative estimate of drug-likeness (QED) is 0.438. The first-order chi connectivity index (χ1) is 13.9. The number of ether oxygens (including phenoxy) is 1. The molecular weight excluding hydrogens is 503 g/mol. The summed E-state index contributed by atoms with van der Waals surface area (Å²) in [4.78, 5) is 38.4. The molecule has 2 aromatic rings. The number of carbonyl (C=O) groups is 3. The number of benzene rings is 2. The summed E-state index contributed by atoms with van der Waals surface area (Å²) in [5.74, 6) is 0.560. The molecule has 6 nitrogen and oxygen atoms in total. The zero-order valence-electron chi connectivity index (χ0n) is 16.1. The molecule has 0 spiro atoms. The average Bonchev–Trinajstić information content (AvgIpc) is 2.97. The van der Waals surface area contributed by atoms with E-state index in [1.807, 2.05) is 25.1 Å². The minimum absolute atomic E-state index is 0.106. The van der Waals surface area contributed by atoms with Crippen LogP contribution in [0.3, 0.4) is 0 Å². The van der Waals surface area contributed by atoms with Gasteiger partial charge in [-0.2, -0.15) is 0 Å². The predicted octanol–water partition coefficient (Wildman–Crippen LogP) is 4.00. The highest BCUT2D eigenvalue weighted by Crippen LogP contribution is 2.31. The van der Waals surface area contributed by atoms with Crippen molar-refractivity contribution < 1.29 is 19.1 Å². The first kappa shape index (κ1) is 21.6. The molecule has 2 aromatic carbocycles. The van der Waals surface area contributed by atoms with Gasteiger partial charge in [-0.1, -0.05) is 0 Å². The fourth-order valence-corrected chi connectivity index (χ4v) is 4.75. The number of nitrogens with zero attached hydrogens (tertiary/aromatic N) is 1. The van der Waals surface area contributed by atoms with E-state index in [-0.39, 0.29) is 30.6 Å². The molecule has 1 unspecified atom stereocenters. The number of amides is 3. The lowest BCUT2D eigenvalue weighted by Crippen LogP contribution is -2.31. The van der Waals surface area contributed by atoms with Gasteiger partial charge in [0.1, 0.15) is 5.75 Å². The van der Waals surface area contributed by atoms with Crippen LogP contribution in [0.15, 0.2) is 42.5 Å². The zero-order chi connectivity index (χ0) is 21.0. The van der Waals surface area contributed by atoms with Crippen LogP contribution >= 0.6 is 34.4 Å². The van der Waals surface area contributed by atoms with Crippen LogP contribution in [0.5, 0.6) is 5.75 Å². The SMILES string of the molecule is COc1ccc(N2C(=O)CC(SCCC(=O)Nc3ccc(I)cc3C)C2=O)cc1. The summed E-state index contributed by atoms with van der Waals surface area (Å²) in [5.41, 5.74) is 2.33. The summed E-state index contributed by atoms with van der Waals surface area (Å²) in [6, 6.07) is 12.6. The summed E-state index contributed by atoms with van der Waals surface area (Å²) in [6.07, 6.45) is 0.421. The van der Waals surface area contributed by atoms with Gasteiger partial charge < -0.3 is 10.1 Å². The number of methoxy groups -OCH3 is 1. The van der Waals surface area contributed by atoms with Gasteiger partial charge in [-0.3, -0.25) is 14.4 Å². The summed E-state index contributed by atoms with van der Waals surface area (Å²) < 4.78 is 6.22. The third-order valence-corrected chi connectivity index (χ3v) is 6.43. The van der Waals surface area contributed by atoms with Crippen molar-refractivity contribution >= 4 is 63.4 Å². The second-order valence-electron chi connectivity index (χ2n) is 6.59. The molecule has 1 aliphatic heterocycles. The van der Waals surface area contributed by atoms with Gasteiger partial charge in [0, 0.05) is 27.9 Å². The Bertz CT molecular complexity index is 933. The number of thioether (sulfide) groups is 1. The van der Waals surface area contributed by atoms with Gasteiger partial charge in [-0.15, -0.1) is 11.8 Å². The summed E-state index contributed by atoms with van der Waals surface area (Å²) in [6.45, 7) is 1.95. The Kier molecular flexibility index (Phi) is 7.18. The molecule has 1 aliphatic rings. The molecule has 1 saturated heterocycles. The van der Waals surface area contributed by atoms with Crippen molar-refractivity contribution in [1.29, 1.82) is 0 Å². The first-order valence-corrected chi connectivity index (χ1v) is 11.2. The molecule has 0 bridgehead atoms. The second-order valence-corrected chi connectivity index (χ2v) is 9.14. The van der Waals surface area contributed by atoms with Crippen LogP contribution in [0, 0.1) is 10.5 Å². The predicted molar refractivity (Wildman–Crippen MR) is 123 cm³/mol. The van der Waals surface area contributed by atoms with Gasteiger partial charge in [-0.25, -0.2) is 4.90 Å². The Morgan fingerprint density at radius 2 is 1.97 bits per heavy atom. The van der Waals surface area contributed by atoms with Crippen molar-refractivity contribution in [1.82, 2.24) is 0 Å². The van der Waals surface area contributed by atoms with E-state index in [2.05, 4.69) is 27.9 Å². The molecule has 1 fully saturated rings. The van der Waals surface area contributed by atoms with Gasteiger partial charge >= 0.3 is 0 Å². The maximum absolute atomic E-state index is 12.7. The van der Waals surface area contributed by atoms with Crippen LogP contribution in [-0.4, -0.2) is 35.8 Å². The number of rotatable bonds is 7. The molecule has 0 saturated carbocycles. The third-order valence-electron chi connectivity index (χ3n) is 4.55. The van der Waals surface area contributed by atoms with Crippen molar-refractivity contribution in [2.45, 2.75) is 25.0 Å². The highest BCUT2D eigenvalue weighted by Gasteiger charge is 2.39. The molecule has 8 heteroatoms. The van der Waals surface area contributed by atoms with E-state index < -0.39 is 5.25 Å². The fraction of sp³-hybridized carbons (Fsp3) is 0.286. The molecule has 0 radical (unpaired) electrons. The molecule has 1 heterocycles. The monoisotopic (exact) mass is 524 g/mol. The van der Waals surface area contributed by atoms with Crippen LogP contribution in [0.4, 0.5) is 11.4 Å². The van der Waals surface area contributed by atoms with Gasteiger partial charge in [0.05, 0.1) is 18.0 Å². The largest absolute Gasteiger partial charge is 0.497 e. The van der Waals surface area contributed by atoms with Crippen LogP contribution < -0.4 is 15.0 Å². The smallest absolute Gasteiger partial charge is 0.247 e. The lowest BCUT2D eigenvalue weighted by Gasteiger charge is -2.15. The molecule has 0 aliphatic carbocycles. The topological polar surface area (TPSA) is 75.7 Å². The van der Waals surface area contributed by atoms with Crippen LogP contribution in [0.25, 0.3) is 0 Å². The lowest BCUT2D eigenvalue weighted by atomic mass is 10.2. The lowest BCUT2D eigenvalue weighted by molar-refractivity contribution is -0.121. The van der Waals surface area contributed by atoms with Crippen molar-refractivity contribution in [3.05, 3.63) is 51.6 Å². The van der Waals surface area contributed by atoms with Crippen molar-refractivity contribution in [2.75, 3.05) is 23.1 Å². The first-order valence-electron chi connectivity index (χ1n) is 9.07. The highest BCUT2D eigenvalue weighted by atomic mass is 127. The summed E-state index contributed by atoms with van der Waals surface area (Å²) >= 11 is 3.58. The van der Waals surface area contributed by atoms with E-state index in [9.17, 15) is 14.4 Å². The van der Waals surface area contributed by atoms with Crippen molar-refractivity contribution in [2.24, 2.45) is 0 Å². The molecule has 3 amide bonds. The zero-order valence-corrected chi connectivity index (χ0v) is 19.1. The molecule has 1 atom stereocenters. The maximum atomic E-state index is 12.7. The highest BCUT2D eigenvalue weighted by molar-refractivity contribution is 14.1. The number of imide groups is 1. The van der Waals surface area contributed by atoms with E-state index in [1.165, 1.54) is 16.7 Å². The molecule has 0 aromatic heterocycles. The van der Waals surface area contributed by atoms with E-state index in [1.54, 1.807) is 31.4 Å².